The molecule has 0 bridgehead atoms. The number of aromatic nitrogens is 2. The van der Waals surface area contributed by atoms with E-state index in [1.807, 2.05) is 0 Å². The Morgan fingerprint density at radius 1 is 1.29 bits per heavy atom. The number of hydrogen-bond donors (Lipinski definition) is 2. The molecular weight excluding hydrogens is 267 g/mol. The van der Waals surface area contributed by atoms with Gasteiger partial charge in [0.05, 0.1) is 6.20 Å². The fraction of sp³-hybridized carbons (Fsp3) is 0.750. The molecule has 2 rings (SSSR count). The van der Waals surface area contributed by atoms with Crippen LogP contribution in [0.3, 0.4) is 0 Å². The maximum atomic E-state index is 13.7. The Bertz CT molecular complexity index is 438. The Hall–Kier alpha value is -1.39. The molecule has 1 aliphatic rings. The predicted molar refractivity (Wildman–Crippen MR) is 85.0 cm³/mol. The monoisotopic (exact) mass is 294 g/mol. The lowest BCUT2D eigenvalue weighted by atomic mass is 9.81. The van der Waals surface area contributed by atoms with Crippen LogP contribution in [0.4, 0.5) is 16.2 Å². The molecule has 5 heteroatoms. The smallest absolute Gasteiger partial charge is 0.224 e. The van der Waals surface area contributed by atoms with Gasteiger partial charge in [0.1, 0.15) is 0 Å². The summed E-state index contributed by atoms with van der Waals surface area (Å²) in [5, 5.41) is 6.20. The average Bonchev–Trinajstić information content (AvgIpc) is 2.48. The van der Waals surface area contributed by atoms with E-state index in [2.05, 4.69) is 34.4 Å². The van der Waals surface area contributed by atoms with Crippen molar-refractivity contribution in [3.63, 3.8) is 0 Å². The minimum absolute atomic E-state index is 0.312. The number of rotatable bonds is 7. The lowest BCUT2D eigenvalue weighted by Crippen LogP contribution is -2.17. The molecule has 1 fully saturated rings. The standard InChI is InChI=1S/C16H27FN4/c1-3-8-19-16-20-11-14(17)15(21-16)18-9-7-13-6-4-5-12(2)10-13/h11-13H,3-10H2,1-2H3,(H2,18,19,20,21). The Labute approximate surface area is 127 Å². The lowest BCUT2D eigenvalue weighted by Gasteiger charge is -2.26. The molecule has 4 nitrogen and oxygen atoms in total. The highest BCUT2D eigenvalue weighted by Crippen LogP contribution is 2.30. The van der Waals surface area contributed by atoms with Gasteiger partial charge in [0, 0.05) is 13.1 Å². The summed E-state index contributed by atoms with van der Waals surface area (Å²) >= 11 is 0. The number of anilines is 2. The molecule has 1 aromatic heterocycles. The van der Waals surface area contributed by atoms with Gasteiger partial charge in [0.25, 0.3) is 0 Å². The van der Waals surface area contributed by atoms with Crippen LogP contribution >= 0.6 is 0 Å². The topological polar surface area (TPSA) is 49.8 Å². The van der Waals surface area contributed by atoms with Gasteiger partial charge in [-0.15, -0.1) is 0 Å². The van der Waals surface area contributed by atoms with Crippen LogP contribution in [0.25, 0.3) is 0 Å². The fourth-order valence-electron chi connectivity index (χ4n) is 3.03. The van der Waals surface area contributed by atoms with Gasteiger partial charge < -0.3 is 10.6 Å². The van der Waals surface area contributed by atoms with E-state index >= 15 is 0 Å². The van der Waals surface area contributed by atoms with Crippen LogP contribution in [-0.4, -0.2) is 23.1 Å². The number of halogens is 1. The van der Waals surface area contributed by atoms with Crippen LogP contribution < -0.4 is 10.6 Å². The second kappa shape index (κ2) is 8.15. The number of nitrogens with one attached hydrogen (secondary N) is 2. The van der Waals surface area contributed by atoms with E-state index in [0.29, 0.717) is 11.8 Å². The van der Waals surface area contributed by atoms with Crippen molar-refractivity contribution in [2.24, 2.45) is 11.8 Å². The van der Waals surface area contributed by atoms with E-state index in [0.717, 1.165) is 37.8 Å². The summed E-state index contributed by atoms with van der Waals surface area (Å²) in [6.45, 7) is 5.97. The Morgan fingerprint density at radius 3 is 2.90 bits per heavy atom. The van der Waals surface area contributed by atoms with Crippen LogP contribution in [0.1, 0.15) is 52.4 Å². The molecule has 118 valence electrons. The maximum Gasteiger partial charge on any atom is 0.224 e. The fourth-order valence-corrected chi connectivity index (χ4v) is 3.03. The summed E-state index contributed by atoms with van der Waals surface area (Å²) in [7, 11) is 0. The van der Waals surface area contributed by atoms with E-state index in [-0.39, 0.29) is 5.82 Å². The third-order valence-electron chi connectivity index (χ3n) is 4.17. The Kier molecular flexibility index (Phi) is 6.21. The third kappa shape index (κ3) is 5.14. The van der Waals surface area contributed by atoms with Crippen LogP contribution in [-0.2, 0) is 0 Å². The summed E-state index contributed by atoms with van der Waals surface area (Å²) < 4.78 is 13.7. The molecule has 2 unspecified atom stereocenters. The second-order valence-corrected chi connectivity index (χ2v) is 6.17. The highest BCUT2D eigenvalue weighted by atomic mass is 19.1. The highest BCUT2D eigenvalue weighted by molar-refractivity contribution is 5.40. The van der Waals surface area contributed by atoms with Crippen molar-refractivity contribution in [2.45, 2.75) is 52.4 Å². The zero-order valence-electron chi connectivity index (χ0n) is 13.2. The van der Waals surface area contributed by atoms with E-state index in [9.17, 15) is 4.39 Å². The molecule has 0 spiro atoms. The van der Waals surface area contributed by atoms with Gasteiger partial charge >= 0.3 is 0 Å². The maximum absolute atomic E-state index is 13.7. The Balaban J connectivity index is 1.81. The normalized spacial score (nSPS) is 22.0. The molecule has 1 heterocycles. The minimum atomic E-state index is -0.380. The van der Waals surface area contributed by atoms with Crippen LogP contribution in [0, 0.1) is 17.7 Å². The van der Waals surface area contributed by atoms with Gasteiger partial charge in [-0.3, -0.25) is 0 Å². The molecule has 21 heavy (non-hydrogen) atoms. The van der Waals surface area contributed by atoms with Gasteiger partial charge in [-0.25, -0.2) is 9.37 Å². The molecule has 0 aromatic carbocycles. The van der Waals surface area contributed by atoms with Gasteiger partial charge in [-0.2, -0.15) is 4.98 Å². The van der Waals surface area contributed by atoms with E-state index < -0.39 is 0 Å². The zero-order valence-corrected chi connectivity index (χ0v) is 13.2. The van der Waals surface area contributed by atoms with Crippen molar-refractivity contribution < 1.29 is 4.39 Å². The lowest BCUT2D eigenvalue weighted by molar-refractivity contribution is 0.274. The molecule has 0 aliphatic heterocycles. The molecule has 1 aromatic rings. The van der Waals surface area contributed by atoms with Gasteiger partial charge in [-0.1, -0.05) is 33.1 Å². The molecule has 2 N–H and O–H groups in total. The summed E-state index contributed by atoms with van der Waals surface area (Å²) in [6, 6.07) is 0. The summed E-state index contributed by atoms with van der Waals surface area (Å²) in [4.78, 5) is 8.15. The number of hydrogen-bond acceptors (Lipinski definition) is 4. The zero-order chi connectivity index (χ0) is 15.1. The molecule has 0 radical (unpaired) electrons. The van der Waals surface area contributed by atoms with Gasteiger partial charge in [0.2, 0.25) is 5.95 Å². The van der Waals surface area contributed by atoms with Crippen LogP contribution in [0.5, 0.6) is 0 Å². The van der Waals surface area contributed by atoms with Crippen molar-refractivity contribution >= 4 is 11.8 Å². The quantitative estimate of drug-likeness (QED) is 0.796. The Morgan fingerprint density at radius 2 is 2.14 bits per heavy atom. The first-order chi connectivity index (χ1) is 10.2. The van der Waals surface area contributed by atoms with Crippen molar-refractivity contribution in [3.8, 4) is 0 Å². The largest absolute Gasteiger partial charge is 0.367 e. The van der Waals surface area contributed by atoms with Crippen LogP contribution in [0.15, 0.2) is 6.20 Å². The van der Waals surface area contributed by atoms with E-state index in [1.54, 1.807) is 0 Å². The minimum Gasteiger partial charge on any atom is -0.367 e. The molecular formula is C16H27FN4. The van der Waals surface area contributed by atoms with Gasteiger partial charge in [0.15, 0.2) is 11.6 Å². The van der Waals surface area contributed by atoms with E-state index in [4.69, 9.17) is 0 Å². The first kappa shape index (κ1) is 16.0. The van der Waals surface area contributed by atoms with Crippen LogP contribution in [0.2, 0.25) is 0 Å². The molecule has 2 atom stereocenters. The van der Waals surface area contributed by atoms with Crippen molar-refractivity contribution in [3.05, 3.63) is 12.0 Å². The van der Waals surface area contributed by atoms with Crippen molar-refractivity contribution in [1.29, 1.82) is 0 Å². The average molecular weight is 294 g/mol. The van der Waals surface area contributed by atoms with Crippen molar-refractivity contribution in [1.82, 2.24) is 9.97 Å². The van der Waals surface area contributed by atoms with E-state index in [1.165, 1.54) is 31.9 Å². The molecule has 0 saturated heterocycles. The summed E-state index contributed by atoms with van der Waals surface area (Å²) in [5.74, 6) is 2.03. The first-order valence-electron chi connectivity index (χ1n) is 8.19. The van der Waals surface area contributed by atoms with Gasteiger partial charge in [-0.05, 0) is 31.1 Å². The summed E-state index contributed by atoms with van der Waals surface area (Å²) in [5.41, 5.74) is 0. The van der Waals surface area contributed by atoms with Crippen molar-refractivity contribution in [2.75, 3.05) is 23.7 Å². The molecule has 1 saturated carbocycles. The molecule has 0 amide bonds. The second-order valence-electron chi connectivity index (χ2n) is 6.17. The SMILES string of the molecule is CCCNc1ncc(F)c(NCCC2CCCC(C)C2)n1. The predicted octanol–water partition coefficient (Wildman–Crippen LogP) is 4.07. The first-order valence-corrected chi connectivity index (χ1v) is 8.19. The molecule has 1 aliphatic carbocycles. The summed E-state index contributed by atoms with van der Waals surface area (Å²) in [6.07, 6.45) is 8.61. The highest BCUT2D eigenvalue weighted by Gasteiger charge is 2.18. The number of nitrogens with zero attached hydrogens (tertiary/aromatic N) is 2. The third-order valence-corrected chi connectivity index (χ3v) is 4.17.